The zero-order chi connectivity index (χ0) is 23.3. The Morgan fingerprint density at radius 1 is 1.00 bits per heavy atom. The molecular formula is C25H28O6. The molecule has 1 atom stereocenters. The van der Waals surface area contributed by atoms with Crippen LogP contribution in [-0.2, 0) is 6.42 Å². The largest absolute Gasteiger partial charge is 0.508 e. The normalized spacial score (nSPS) is 12.0. The number of aromatic hydroxyl groups is 5. The van der Waals surface area contributed by atoms with E-state index in [4.69, 9.17) is 0 Å². The van der Waals surface area contributed by atoms with Crippen LogP contribution in [0.1, 0.15) is 48.7 Å². The Kier molecular flexibility index (Phi) is 7.53. The van der Waals surface area contributed by atoms with Crippen molar-refractivity contribution in [1.29, 1.82) is 0 Å². The first-order valence-corrected chi connectivity index (χ1v) is 9.81. The van der Waals surface area contributed by atoms with Crippen LogP contribution in [0.5, 0.6) is 28.7 Å². The predicted molar refractivity (Wildman–Crippen MR) is 121 cm³/mol. The van der Waals surface area contributed by atoms with Crippen LogP contribution in [0.25, 0.3) is 6.08 Å². The molecule has 6 nitrogen and oxygen atoms in total. The molecule has 31 heavy (non-hydrogen) atoms. The lowest BCUT2D eigenvalue weighted by Gasteiger charge is -2.19. The Balaban J connectivity index is 2.40. The van der Waals surface area contributed by atoms with Gasteiger partial charge in [0.15, 0.2) is 5.78 Å². The van der Waals surface area contributed by atoms with Gasteiger partial charge < -0.3 is 25.5 Å². The molecule has 0 bridgehead atoms. The number of hydrogen-bond acceptors (Lipinski definition) is 6. The summed E-state index contributed by atoms with van der Waals surface area (Å²) in [5.74, 6) is -2.50. The van der Waals surface area contributed by atoms with Gasteiger partial charge in [-0.3, -0.25) is 4.79 Å². The average molecular weight is 424 g/mol. The highest BCUT2D eigenvalue weighted by molar-refractivity contribution is 6.11. The van der Waals surface area contributed by atoms with Crippen molar-refractivity contribution >= 4 is 11.9 Å². The molecule has 0 radical (unpaired) electrons. The summed E-state index contributed by atoms with van der Waals surface area (Å²) < 4.78 is 0. The zero-order valence-electron chi connectivity index (χ0n) is 17.9. The quantitative estimate of drug-likeness (QED) is 0.226. The van der Waals surface area contributed by atoms with Gasteiger partial charge >= 0.3 is 0 Å². The minimum absolute atomic E-state index is 0.0799. The van der Waals surface area contributed by atoms with E-state index in [-0.39, 0.29) is 46.3 Å². The molecular weight excluding hydrogens is 396 g/mol. The molecule has 0 aliphatic rings. The van der Waals surface area contributed by atoms with E-state index in [1.54, 1.807) is 0 Å². The summed E-state index contributed by atoms with van der Waals surface area (Å²) >= 11 is 0. The molecule has 5 N–H and O–H groups in total. The third-order valence-electron chi connectivity index (χ3n) is 4.99. The van der Waals surface area contributed by atoms with E-state index in [9.17, 15) is 30.3 Å². The van der Waals surface area contributed by atoms with Gasteiger partial charge in [0.2, 0.25) is 0 Å². The summed E-state index contributed by atoms with van der Waals surface area (Å²) in [5, 5.41) is 50.4. The highest BCUT2D eigenvalue weighted by Gasteiger charge is 2.23. The summed E-state index contributed by atoms with van der Waals surface area (Å²) in [6.07, 6.45) is 5.31. The highest BCUT2D eigenvalue weighted by atomic mass is 16.3. The molecule has 0 aromatic heterocycles. The molecule has 2 aromatic rings. The van der Waals surface area contributed by atoms with Gasteiger partial charge in [-0.15, -0.1) is 0 Å². The topological polar surface area (TPSA) is 118 Å². The summed E-state index contributed by atoms with van der Waals surface area (Å²) in [6.45, 7) is 9.78. The van der Waals surface area contributed by atoms with E-state index in [1.165, 1.54) is 18.2 Å². The molecule has 0 aliphatic carbocycles. The second-order valence-corrected chi connectivity index (χ2v) is 7.82. The van der Waals surface area contributed by atoms with Crippen LogP contribution >= 0.6 is 0 Å². The minimum Gasteiger partial charge on any atom is -0.508 e. The molecule has 0 fully saturated rings. The van der Waals surface area contributed by atoms with Crippen LogP contribution in [0.2, 0.25) is 0 Å². The lowest BCUT2D eigenvalue weighted by Crippen LogP contribution is -2.07. The van der Waals surface area contributed by atoms with Gasteiger partial charge in [0.1, 0.15) is 34.3 Å². The van der Waals surface area contributed by atoms with E-state index < -0.39 is 17.3 Å². The molecule has 0 saturated carbocycles. The molecule has 6 heteroatoms. The molecule has 0 saturated heterocycles. The monoisotopic (exact) mass is 424 g/mol. The summed E-state index contributed by atoms with van der Waals surface area (Å²) in [4.78, 5) is 12.7. The second kappa shape index (κ2) is 9.89. The fraction of sp³-hybridized carbons (Fsp3) is 0.240. The van der Waals surface area contributed by atoms with Crippen molar-refractivity contribution < 1.29 is 30.3 Å². The molecule has 0 aliphatic heterocycles. The van der Waals surface area contributed by atoms with Gasteiger partial charge in [0.25, 0.3) is 0 Å². The Labute approximate surface area is 181 Å². The van der Waals surface area contributed by atoms with Crippen LogP contribution in [-0.4, -0.2) is 31.3 Å². The fourth-order valence-corrected chi connectivity index (χ4v) is 3.13. The van der Waals surface area contributed by atoms with Gasteiger partial charge in [-0.25, -0.2) is 0 Å². The van der Waals surface area contributed by atoms with Crippen molar-refractivity contribution in [2.45, 2.75) is 33.6 Å². The fourth-order valence-electron chi connectivity index (χ4n) is 3.13. The zero-order valence-corrected chi connectivity index (χ0v) is 17.9. The third-order valence-corrected chi connectivity index (χ3v) is 4.99. The maximum atomic E-state index is 12.7. The number of ketones is 1. The summed E-state index contributed by atoms with van der Waals surface area (Å²) in [6, 6.07) is 4.92. The molecule has 2 rings (SSSR count). The standard InChI is InChI=1S/C25H28O6/c1-14(2)5-6-17(15(3)4)11-19-22(29)13-23(30)24(25(19)31)20(27)10-8-16-7-9-18(26)12-21(16)28/h5,7-10,12-13,17,26,28-31H,3,6,11H2,1-2,4H3/b10-8+/t17-/m1/s1. The van der Waals surface area contributed by atoms with E-state index in [0.717, 1.165) is 29.4 Å². The second-order valence-electron chi connectivity index (χ2n) is 7.82. The highest BCUT2D eigenvalue weighted by Crippen LogP contribution is 2.40. The lowest BCUT2D eigenvalue weighted by molar-refractivity contribution is 0.104. The Morgan fingerprint density at radius 2 is 1.68 bits per heavy atom. The van der Waals surface area contributed by atoms with Crippen molar-refractivity contribution in [3.8, 4) is 28.7 Å². The average Bonchev–Trinajstić information content (AvgIpc) is 2.65. The Morgan fingerprint density at radius 3 is 2.26 bits per heavy atom. The van der Waals surface area contributed by atoms with E-state index in [1.807, 2.05) is 26.8 Å². The smallest absolute Gasteiger partial charge is 0.193 e. The van der Waals surface area contributed by atoms with Crippen LogP contribution in [0.4, 0.5) is 0 Å². The number of carbonyl (C=O) groups excluding carboxylic acids is 1. The molecule has 164 valence electrons. The number of allylic oxidation sites excluding steroid dienone is 4. The first kappa shape index (κ1) is 23.6. The molecule has 0 unspecified atom stereocenters. The van der Waals surface area contributed by atoms with Crippen LogP contribution in [0.15, 0.2) is 54.1 Å². The van der Waals surface area contributed by atoms with Crippen molar-refractivity contribution in [2.24, 2.45) is 5.92 Å². The van der Waals surface area contributed by atoms with E-state index >= 15 is 0 Å². The van der Waals surface area contributed by atoms with Gasteiger partial charge in [-0.2, -0.15) is 0 Å². The van der Waals surface area contributed by atoms with Crippen molar-refractivity contribution in [3.05, 3.63) is 70.8 Å². The number of benzene rings is 2. The number of phenols is 5. The number of rotatable bonds is 8. The van der Waals surface area contributed by atoms with Crippen LogP contribution in [0, 0.1) is 5.92 Å². The van der Waals surface area contributed by atoms with Crippen molar-refractivity contribution in [2.75, 3.05) is 0 Å². The van der Waals surface area contributed by atoms with Crippen LogP contribution < -0.4 is 0 Å². The predicted octanol–water partition coefficient (Wildman–Crippen LogP) is 5.20. The Bertz CT molecular complexity index is 1060. The van der Waals surface area contributed by atoms with E-state index in [2.05, 4.69) is 6.58 Å². The summed E-state index contributed by atoms with van der Waals surface area (Å²) in [7, 11) is 0. The number of hydrogen-bond donors (Lipinski definition) is 5. The number of phenolic OH excluding ortho intramolecular Hbond substituents is 5. The SMILES string of the molecule is C=C(C)[C@H](CC=C(C)C)Cc1c(O)cc(O)c(C(=O)/C=C/c2ccc(O)cc2O)c1O. The van der Waals surface area contributed by atoms with Gasteiger partial charge in [-0.05, 0) is 63.8 Å². The first-order chi connectivity index (χ1) is 14.5. The van der Waals surface area contributed by atoms with Gasteiger partial charge in [0, 0.05) is 23.3 Å². The molecule has 0 heterocycles. The maximum absolute atomic E-state index is 12.7. The molecule has 0 spiro atoms. The maximum Gasteiger partial charge on any atom is 0.193 e. The lowest BCUT2D eigenvalue weighted by atomic mass is 9.88. The van der Waals surface area contributed by atoms with Crippen molar-refractivity contribution in [3.63, 3.8) is 0 Å². The number of carbonyl (C=O) groups is 1. The minimum atomic E-state index is -0.708. The first-order valence-electron chi connectivity index (χ1n) is 9.81. The Hall–Kier alpha value is -3.67. The van der Waals surface area contributed by atoms with Crippen LogP contribution in [0.3, 0.4) is 0 Å². The van der Waals surface area contributed by atoms with Gasteiger partial charge in [0.05, 0.1) is 0 Å². The summed E-state index contributed by atoms with van der Waals surface area (Å²) in [5.41, 5.74) is 2.07. The molecule has 0 amide bonds. The van der Waals surface area contributed by atoms with Crippen molar-refractivity contribution in [1.82, 2.24) is 0 Å². The third kappa shape index (κ3) is 5.92. The van der Waals surface area contributed by atoms with E-state index in [0.29, 0.717) is 6.42 Å². The van der Waals surface area contributed by atoms with Gasteiger partial charge in [-0.1, -0.05) is 23.8 Å². The molecule has 2 aromatic carbocycles.